The molecule has 1 aliphatic rings. The third-order valence-corrected chi connectivity index (χ3v) is 6.21. The maximum absolute atomic E-state index is 15.4. The zero-order valence-electron chi connectivity index (χ0n) is 17.1. The van der Waals surface area contributed by atoms with Gasteiger partial charge in [0.2, 0.25) is 0 Å². The van der Waals surface area contributed by atoms with E-state index in [1.807, 2.05) is 41.5 Å². The van der Waals surface area contributed by atoms with Gasteiger partial charge in [0.1, 0.15) is 5.82 Å². The summed E-state index contributed by atoms with van der Waals surface area (Å²) in [5.74, 6) is -0.177. The molecule has 1 aliphatic heterocycles. The normalized spacial score (nSPS) is 17.9. The fourth-order valence-corrected chi connectivity index (χ4v) is 4.36. The number of aromatic nitrogens is 3. The van der Waals surface area contributed by atoms with Gasteiger partial charge in [-0.3, -0.25) is 0 Å². The van der Waals surface area contributed by atoms with E-state index in [-0.39, 0.29) is 11.5 Å². The molecule has 1 aromatic heterocycles. The summed E-state index contributed by atoms with van der Waals surface area (Å²) in [6.07, 6.45) is 0. The first-order chi connectivity index (χ1) is 13.1. The molecule has 0 aliphatic carbocycles. The van der Waals surface area contributed by atoms with E-state index < -0.39 is 18.2 Å². The monoisotopic (exact) mass is 379 g/mol. The van der Waals surface area contributed by atoms with Crippen LogP contribution in [0.15, 0.2) is 30.3 Å². The SMILES string of the molecule is Cc1cc(C)c(-n2nc3nc2-c2ccc(F)cc2C(C)(C)[C@H](C)B3F)c(C)c1. The molecule has 6 heteroatoms. The number of rotatable bonds is 1. The van der Waals surface area contributed by atoms with Crippen LogP contribution in [-0.4, -0.2) is 21.8 Å². The van der Waals surface area contributed by atoms with Gasteiger partial charge in [-0.05, 0) is 66.9 Å². The summed E-state index contributed by atoms with van der Waals surface area (Å²) >= 11 is 0. The molecular formula is C22H24BF2N3. The molecule has 0 saturated heterocycles. The van der Waals surface area contributed by atoms with Gasteiger partial charge in [0, 0.05) is 5.56 Å². The summed E-state index contributed by atoms with van der Waals surface area (Å²) in [6, 6.07) is 8.84. The van der Waals surface area contributed by atoms with Crippen molar-refractivity contribution in [1.82, 2.24) is 14.8 Å². The summed E-state index contributed by atoms with van der Waals surface area (Å²) in [4.78, 5) is 4.57. The summed E-state index contributed by atoms with van der Waals surface area (Å²) < 4.78 is 31.3. The average Bonchev–Trinajstić information content (AvgIpc) is 3.04. The van der Waals surface area contributed by atoms with Crippen LogP contribution in [0.3, 0.4) is 0 Å². The number of hydrogen-bond acceptors (Lipinski definition) is 2. The smallest absolute Gasteiger partial charge is 0.325 e. The molecule has 0 radical (unpaired) electrons. The molecule has 3 aromatic rings. The number of aryl methyl sites for hydroxylation is 3. The Labute approximate surface area is 164 Å². The lowest BCUT2D eigenvalue weighted by molar-refractivity contribution is 0.479. The second kappa shape index (κ2) is 6.26. The first-order valence-electron chi connectivity index (χ1n) is 9.61. The molecule has 0 fully saturated rings. The molecule has 144 valence electrons. The number of benzene rings is 2. The molecule has 0 saturated carbocycles. The van der Waals surface area contributed by atoms with Crippen LogP contribution in [0.5, 0.6) is 0 Å². The predicted molar refractivity (Wildman–Crippen MR) is 110 cm³/mol. The first-order valence-corrected chi connectivity index (χ1v) is 9.61. The van der Waals surface area contributed by atoms with E-state index >= 15 is 4.32 Å². The van der Waals surface area contributed by atoms with E-state index in [2.05, 4.69) is 22.2 Å². The van der Waals surface area contributed by atoms with Crippen LogP contribution < -0.4 is 5.72 Å². The minimum atomic E-state index is -1.34. The lowest BCUT2D eigenvalue weighted by Crippen LogP contribution is -2.42. The van der Waals surface area contributed by atoms with Crippen LogP contribution in [-0.2, 0) is 5.41 Å². The Morgan fingerprint density at radius 2 is 1.71 bits per heavy atom. The molecule has 0 amide bonds. The molecule has 2 aromatic carbocycles. The second-order valence-corrected chi connectivity index (χ2v) is 8.55. The van der Waals surface area contributed by atoms with Gasteiger partial charge in [-0.25, -0.2) is 14.1 Å². The van der Waals surface area contributed by atoms with Crippen LogP contribution in [0.2, 0.25) is 5.82 Å². The summed E-state index contributed by atoms with van der Waals surface area (Å²) in [5, 5.41) is 4.59. The van der Waals surface area contributed by atoms with Gasteiger partial charge in [0.05, 0.1) is 5.69 Å². The highest BCUT2D eigenvalue weighted by Crippen LogP contribution is 2.44. The number of fused-ring (bicyclic) bond motifs is 4. The van der Waals surface area contributed by atoms with Crippen molar-refractivity contribution in [3.8, 4) is 17.1 Å². The van der Waals surface area contributed by atoms with E-state index in [1.165, 1.54) is 12.1 Å². The van der Waals surface area contributed by atoms with E-state index in [0.29, 0.717) is 5.82 Å². The minimum absolute atomic E-state index is 0.185. The summed E-state index contributed by atoms with van der Waals surface area (Å²) in [6.45, 7) is 10.5. The van der Waals surface area contributed by atoms with Crippen molar-refractivity contribution in [2.75, 3.05) is 0 Å². The summed E-state index contributed by atoms with van der Waals surface area (Å²) in [7, 11) is 0. The Kier molecular flexibility index (Phi) is 4.21. The van der Waals surface area contributed by atoms with E-state index in [9.17, 15) is 4.39 Å². The third-order valence-electron chi connectivity index (χ3n) is 6.21. The Morgan fingerprint density at radius 3 is 2.36 bits per heavy atom. The highest BCUT2D eigenvalue weighted by Gasteiger charge is 2.44. The standard InChI is InChI=1S/C22H24BF2N3/c1-12-9-13(2)19(14(3)10-12)28-20-17-8-7-16(24)11-18(17)22(5,6)15(4)23(25)21(26-20)27-28/h7-11,15H,1-6H3/t15-/m0/s1. The maximum Gasteiger partial charge on any atom is 0.427 e. The van der Waals surface area contributed by atoms with Crippen molar-refractivity contribution >= 4 is 12.7 Å². The molecule has 0 unspecified atom stereocenters. The van der Waals surface area contributed by atoms with Crippen LogP contribution in [0, 0.1) is 26.6 Å². The fraction of sp³-hybridized carbons (Fsp3) is 0.364. The Hall–Kier alpha value is -2.50. The Balaban J connectivity index is 2.09. The van der Waals surface area contributed by atoms with Gasteiger partial charge in [-0.15, -0.1) is 0 Å². The number of nitrogens with zero attached hydrogens (tertiary/aromatic N) is 3. The lowest BCUT2D eigenvalue weighted by Gasteiger charge is -2.34. The quantitative estimate of drug-likeness (QED) is 0.566. The molecule has 0 spiro atoms. The minimum Gasteiger partial charge on any atom is -0.325 e. The van der Waals surface area contributed by atoms with E-state index in [4.69, 9.17) is 0 Å². The van der Waals surface area contributed by atoms with Crippen LogP contribution in [0.4, 0.5) is 8.71 Å². The van der Waals surface area contributed by atoms with Gasteiger partial charge < -0.3 is 4.32 Å². The van der Waals surface area contributed by atoms with Crippen molar-refractivity contribution in [3.05, 3.63) is 58.4 Å². The average molecular weight is 379 g/mol. The van der Waals surface area contributed by atoms with E-state index in [1.54, 1.807) is 10.7 Å². The molecule has 28 heavy (non-hydrogen) atoms. The van der Waals surface area contributed by atoms with Crippen molar-refractivity contribution in [3.63, 3.8) is 0 Å². The van der Waals surface area contributed by atoms with Crippen LogP contribution in [0.1, 0.15) is 43.0 Å². The van der Waals surface area contributed by atoms with Crippen LogP contribution >= 0.6 is 0 Å². The predicted octanol–water partition coefficient (Wildman–Crippen LogP) is 4.85. The molecule has 4 rings (SSSR count). The molecule has 1 atom stereocenters. The molecular weight excluding hydrogens is 355 g/mol. The first kappa shape index (κ1) is 18.8. The van der Waals surface area contributed by atoms with Crippen molar-refractivity contribution in [2.45, 2.75) is 52.8 Å². The van der Waals surface area contributed by atoms with Crippen molar-refractivity contribution in [2.24, 2.45) is 0 Å². The van der Waals surface area contributed by atoms with Gasteiger partial charge in [-0.1, -0.05) is 38.5 Å². The summed E-state index contributed by atoms with van der Waals surface area (Å²) in [5.41, 5.74) is 5.30. The Bertz CT molecular complexity index is 1060. The maximum atomic E-state index is 15.4. The highest BCUT2D eigenvalue weighted by molar-refractivity contribution is 6.66. The number of hydrogen-bond donors (Lipinski definition) is 0. The topological polar surface area (TPSA) is 30.7 Å². The van der Waals surface area contributed by atoms with E-state index in [0.717, 1.165) is 33.5 Å². The van der Waals surface area contributed by atoms with Gasteiger partial charge >= 0.3 is 6.99 Å². The largest absolute Gasteiger partial charge is 0.427 e. The highest BCUT2D eigenvalue weighted by atomic mass is 19.1. The molecule has 2 heterocycles. The molecule has 2 bridgehead atoms. The third kappa shape index (κ3) is 2.69. The van der Waals surface area contributed by atoms with Gasteiger partial charge in [-0.2, -0.15) is 5.10 Å². The lowest BCUT2D eigenvalue weighted by atomic mass is 9.48. The molecule has 0 N–H and O–H groups in total. The Morgan fingerprint density at radius 1 is 1.07 bits per heavy atom. The van der Waals surface area contributed by atoms with Gasteiger partial charge in [0.15, 0.2) is 11.5 Å². The van der Waals surface area contributed by atoms with Crippen molar-refractivity contribution in [1.29, 1.82) is 0 Å². The van der Waals surface area contributed by atoms with Crippen molar-refractivity contribution < 1.29 is 8.71 Å². The zero-order valence-corrected chi connectivity index (χ0v) is 17.1. The van der Waals surface area contributed by atoms with Crippen LogP contribution in [0.25, 0.3) is 17.1 Å². The zero-order chi connectivity index (χ0) is 20.4. The second-order valence-electron chi connectivity index (χ2n) is 8.55. The molecule has 3 nitrogen and oxygen atoms in total. The van der Waals surface area contributed by atoms with Gasteiger partial charge in [0.25, 0.3) is 0 Å². The fourth-order valence-electron chi connectivity index (χ4n) is 4.36. The number of halogens is 2.